The molecule has 0 aromatic rings. The van der Waals surface area contributed by atoms with Gasteiger partial charge in [0.15, 0.2) is 0 Å². The van der Waals surface area contributed by atoms with Gasteiger partial charge in [0.25, 0.3) is 0 Å². The van der Waals surface area contributed by atoms with Crippen LogP contribution >= 0.6 is 0 Å². The highest BCUT2D eigenvalue weighted by Crippen LogP contribution is 2.56. The molecule has 2 aliphatic carbocycles. The topological polar surface area (TPSA) is 3.24 Å². The first-order chi connectivity index (χ1) is 7.69. The van der Waals surface area contributed by atoms with Crippen molar-refractivity contribution in [1.29, 1.82) is 0 Å². The molecular weight excluding hydrogens is 194 g/mol. The van der Waals surface area contributed by atoms with Crippen molar-refractivity contribution < 1.29 is 0 Å². The fraction of sp³-hybridized carbons (Fsp3) is 1.00. The Morgan fingerprint density at radius 2 is 1.75 bits per heavy atom. The van der Waals surface area contributed by atoms with Crippen molar-refractivity contribution >= 4 is 0 Å². The van der Waals surface area contributed by atoms with Crippen molar-refractivity contribution in [3.8, 4) is 0 Å². The van der Waals surface area contributed by atoms with Gasteiger partial charge in [-0.15, -0.1) is 0 Å². The van der Waals surface area contributed by atoms with Gasteiger partial charge in [-0.25, -0.2) is 0 Å². The van der Waals surface area contributed by atoms with Gasteiger partial charge in [-0.2, -0.15) is 0 Å². The van der Waals surface area contributed by atoms with Crippen molar-refractivity contribution in [2.45, 2.75) is 71.3 Å². The molecular formula is C15H29N. The third-order valence-electron chi connectivity index (χ3n) is 5.28. The van der Waals surface area contributed by atoms with Gasteiger partial charge < -0.3 is 4.90 Å². The first-order valence-corrected chi connectivity index (χ1v) is 7.39. The van der Waals surface area contributed by atoms with Crippen molar-refractivity contribution in [2.75, 3.05) is 13.6 Å². The molecule has 16 heavy (non-hydrogen) atoms. The van der Waals surface area contributed by atoms with Gasteiger partial charge in [-0.05, 0) is 63.5 Å². The zero-order valence-corrected chi connectivity index (χ0v) is 11.5. The van der Waals surface area contributed by atoms with Crippen molar-refractivity contribution in [3.05, 3.63) is 0 Å². The van der Waals surface area contributed by atoms with Crippen LogP contribution in [-0.4, -0.2) is 24.5 Å². The molecule has 0 aromatic carbocycles. The average Bonchev–Trinajstić information content (AvgIpc) is 2.27. The highest BCUT2D eigenvalue weighted by Gasteiger charge is 2.45. The van der Waals surface area contributed by atoms with E-state index in [-0.39, 0.29) is 0 Å². The quantitative estimate of drug-likeness (QED) is 0.694. The Bertz CT molecular complexity index is 207. The van der Waals surface area contributed by atoms with Crippen LogP contribution in [0.25, 0.3) is 0 Å². The Labute approximate surface area is 102 Å². The van der Waals surface area contributed by atoms with E-state index in [2.05, 4.69) is 25.8 Å². The van der Waals surface area contributed by atoms with Gasteiger partial charge in [-0.3, -0.25) is 0 Å². The second-order valence-corrected chi connectivity index (χ2v) is 6.37. The van der Waals surface area contributed by atoms with Gasteiger partial charge in [0, 0.05) is 6.04 Å². The van der Waals surface area contributed by atoms with E-state index in [9.17, 15) is 0 Å². The van der Waals surface area contributed by atoms with Crippen molar-refractivity contribution in [2.24, 2.45) is 11.3 Å². The van der Waals surface area contributed by atoms with Crippen molar-refractivity contribution in [3.63, 3.8) is 0 Å². The molecule has 0 bridgehead atoms. The van der Waals surface area contributed by atoms with Crippen molar-refractivity contribution in [1.82, 2.24) is 4.90 Å². The fourth-order valence-electron chi connectivity index (χ4n) is 4.10. The second kappa shape index (κ2) is 5.08. The average molecular weight is 223 g/mol. The summed E-state index contributed by atoms with van der Waals surface area (Å²) in [5, 5.41) is 0. The molecule has 0 N–H and O–H groups in total. The largest absolute Gasteiger partial charge is 0.304 e. The molecule has 2 aliphatic rings. The molecule has 2 rings (SSSR count). The minimum Gasteiger partial charge on any atom is -0.304 e. The van der Waals surface area contributed by atoms with Crippen LogP contribution in [0.15, 0.2) is 0 Å². The maximum atomic E-state index is 2.55. The maximum Gasteiger partial charge on any atom is 0.00925 e. The first kappa shape index (κ1) is 12.4. The molecule has 0 heterocycles. The third kappa shape index (κ3) is 2.45. The van der Waals surface area contributed by atoms with Gasteiger partial charge in [0.1, 0.15) is 0 Å². The molecule has 1 nitrogen and oxygen atoms in total. The minimum absolute atomic E-state index is 0.810. The summed E-state index contributed by atoms with van der Waals surface area (Å²) in [5.74, 6) is 1.09. The lowest BCUT2D eigenvalue weighted by Gasteiger charge is -2.52. The van der Waals surface area contributed by atoms with E-state index in [4.69, 9.17) is 0 Å². The summed E-state index contributed by atoms with van der Waals surface area (Å²) in [6.07, 6.45) is 11.9. The van der Waals surface area contributed by atoms with Crippen LogP contribution in [0.1, 0.15) is 65.2 Å². The Morgan fingerprint density at radius 3 is 2.25 bits per heavy atom. The van der Waals surface area contributed by atoms with Gasteiger partial charge >= 0.3 is 0 Å². The van der Waals surface area contributed by atoms with Crippen LogP contribution in [0.3, 0.4) is 0 Å². The molecule has 0 atom stereocenters. The van der Waals surface area contributed by atoms with E-state index in [1.165, 1.54) is 45.1 Å². The maximum absolute atomic E-state index is 2.55. The van der Waals surface area contributed by atoms with Crippen LogP contribution in [0.4, 0.5) is 0 Å². The smallest absolute Gasteiger partial charge is 0.00925 e. The predicted molar refractivity (Wildman–Crippen MR) is 70.6 cm³/mol. The zero-order chi connectivity index (χ0) is 11.6. The van der Waals surface area contributed by atoms with E-state index < -0.39 is 0 Å². The summed E-state index contributed by atoms with van der Waals surface area (Å²) in [7, 11) is 2.29. The fourth-order valence-corrected chi connectivity index (χ4v) is 4.10. The number of nitrogens with zero attached hydrogens (tertiary/aromatic N) is 1. The summed E-state index contributed by atoms with van der Waals surface area (Å²) in [5.41, 5.74) is 0.810. The standard InChI is InChI=1S/C15H29N/c1-4-6-13-11-15(12-13)9-7-14(8-10-15)16(3)5-2/h13-14H,4-12H2,1-3H3. The lowest BCUT2D eigenvalue weighted by atomic mass is 9.54. The number of hydrogen-bond donors (Lipinski definition) is 0. The third-order valence-corrected chi connectivity index (χ3v) is 5.28. The molecule has 0 aliphatic heterocycles. The molecule has 1 spiro atoms. The first-order valence-electron chi connectivity index (χ1n) is 7.39. The summed E-state index contributed by atoms with van der Waals surface area (Å²) >= 11 is 0. The van der Waals surface area contributed by atoms with E-state index in [0.717, 1.165) is 17.4 Å². The normalized spacial score (nSPS) is 39.0. The molecule has 2 saturated carbocycles. The molecule has 1 heteroatoms. The van der Waals surface area contributed by atoms with Crippen LogP contribution in [0.5, 0.6) is 0 Å². The Morgan fingerprint density at radius 1 is 1.12 bits per heavy atom. The van der Waals surface area contributed by atoms with Crippen LogP contribution < -0.4 is 0 Å². The molecule has 0 unspecified atom stereocenters. The van der Waals surface area contributed by atoms with E-state index in [1.54, 1.807) is 12.8 Å². The molecule has 94 valence electrons. The lowest BCUT2D eigenvalue weighted by Crippen LogP contribution is -2.44. The summed E-state index contributed by atoms with van der Waals surface area (Å²) < 4.78 is 0. The highest BCUT2D eigenvalue weighted by atomic mass is 15.1. The SMILES string of the molecule is CCCC1CC2(CCC(N(C)CC)CC2)C1. The summed E-state index contributed by atoms with van der Waals surface area (Å²) in [4.78, 5) is 2.55. The van der Waals surface area contributed by atoms with Gasteiger partial charge in [-0.1, -0.05) is 26.7 Å². The Kier molecular flexibility index (Phi) is 3.94. The van der Waals surface area contributed by atoms with Crippen LogP contribution in [0.2, 0.25) is 0 Å². The second-order valence-electron chi connectivity index (χ2n) is 6.37. The number of rotatable bonds is 4. The molecule has 0 aromatic heterocycles. The van der Waals surface area contributed by atoms with E-state index in [1.807, 2.05) is 0 Å². The lowest BCUT2D eigenvalue weighted by molar-refractivity contribution is -0.0114. The van der Waals surface area contributed by atoms with Gasteiger partial charge in [0.05, 0.1) is 0 Å². The number of hydrogen-bond acceptors (Lipinski definition) is 1. The van der Waals surface area contributed by atoms with Gasteiger partial charge in [0.2, 0.25) is 0 Å². The Hall–Kier alpha value is -0.0400. The van der Waals surface area contributed by atoms with Crippen LogP contribution in [-0.2, 0) is 0 Å². The summed E-state index contributed by atoms with van der Waals surface area (Å²) in [6, 6.07) is 0.890. The molecule has 0 amide bonds. The zero-order valence-electron chi connectivity index (χ0n) is 11.5. The molecule has 0 radical (unpaired) electrons. The predicted octanol–water partition coefficient (Wildman–Crippen LogP) is 4.08. The Balaban J connectivity index is 1.74. The highest BCUT2D eigenvalue weighted by molar-refractivity contribution is 4.97. The van der Waals surface area contributed by atoms with E-state index in [0.29, 0.717) is 0 Å². The van der Waals surface area contributed by atoms with E-state index >= 15 is 0 Å². The minimum atomic E-state index is 0.810. The molecule has 0 saturated heterocycles. The molecule has 2 fully saturated rings. The monoisotopic (exact) mass is 223 g/mol. The van der Waals surface area contributed by atoms with Crippen LogP contribution in [0, 0.1) is 11.3 Å². The summed E-state index contributed by atoms with van der Waals surface area (Å²) in [6.45, 7) is 5.83.